The Morgan fingerprint density at radius 1 is 1.32 bits per heavy atom. The summed E-state index contributed by atoms with van der Waals surface area (Å²) in [5.74, 6) is -0.0921. The molecule has 0 spiro atoms. The third kappa shape index (κ3) is 4.18. The highest BCUT2D eigenvalue weighted by Gasteiger charge is 2.30. The Hall–Kier alpha value is -1.14. The van der Waals surface area contributed by atoms with Crippen LogP contribution in [-0.2, 0) is 14.3 Å². The average molecular weight is 269 g/mol. The SMILES string of the molecule is CN(CC(=O)NC1CC1)C(=O)C(N)C1CCOCC1. The highest BCUT2D eigenvalue weighted by atomic mass is 16.5. The molecule has 0 aromatic rings. The van der Waals surface area contributed by atoms with Gasteiger partial charge in [0.25, 0.3) is 0 Å². The van der Waals surface area contributed by atoms with E-state index < -0.39 is 6.04 Å². The molecule has 2 fully saturated rings. The van der Waals surface area contributed by atoms with E-state index in [0.717, 1.165) is 25.7 Å². The predicted molar refractivity (Wildman–Crippen MR) is 70.3 cm³/mol. The molecule has 0 aromatic heterocycles. The molecule has 2 rings (SSSR count). The van der Waals surface area contributed by atoms with E-state index >= 15 is 0 Å². The third-order valence-corrected chi connectivity index (χ3v) is 3.76. The van der Waals surface area contributed by atoms with E-state index in [4.69, 9.17) is 10.5 Å². The van der Waals surface area contributed by atoms with Crippen LogP contribution in [0.15, 0.2) is 0 Å². The number of rotatable bonds is 5. The average Bonchev–Trinajstić information content (AvgIpc) is 3.21. The van der Waals surface area contributed by atoms with Gasteiger partial charge >= 0.3 is 0 Å². The van der Waals surface area contributed by atoms with Crippen molar-refractivity contribution in [1.29, 1.82) is 0 Å². The molecule has 0 bridgehead atoms. The Morgan fingerprint density at radius 3 is 2.53 bits per heavy atom. The van der Waals surface area contributed by atoms with Gasteiger partial charge < -0.3 is 20.7 Å². The molecule has 1 saturated heterocycles. The lowest BCUT2D eigenvalue weighted by Crippen LogP contribution is -2.50. The number of carbonyl (C=O) groups excluding carboxylic acids is 2. The van der Waals surface area contributed by atoms with Crippen molar-refractivity contribution in [2.75, 3.05) is 26.8 Å². The maximum Gasteiger partial charge on any atom is 0.239 e. The zero-order chi connectivity index (χ0) is 13.8. The highest BCUT2D eigenvalue weighted by Crippen LogP contribution is 2.19. The number of carbonyl (C=O) groups is 2. The summed E-state index contributed by atoms with van der Waals surface area (Å²) in [6.45, 7) is 1.42. The number of nitrogens with two attached hydrogens (primary N) is 1. The van der Waals surface area contributed by atoms with Crippen LogP contribution in [0.2, 0.25) is 0 Å². The summed E-state index contributed by atoms with van der Waals surface area (Å²) in [6.07, 6.45) is 3.72. The van der Waals surface area contributed by atoms with Crippen LogP contribution in [0.4, 0.5) is 0 Å². The van der Waals surface area contributed by atoms with Gasteiger partial charge in [-0.2, -0.15) is 0 Å². The minimum atomic E-state index is -0.525. The van der Waals surface area contributed by atoms with E-state index in [0.29, 0.717) is 19.3 Å². The summed E-state index contributed by atoms with van der Waals surface area (Å²) in [5.41, 5.74) is 6.00. The number of hydrogen-bond donors (Lipinski definition) is 2. The van der Waals surface area contributed by atoms with Crippen molar-refractivity contribution in [3.05, 3.63) is 0 Å². The minimum absolute atomic E-state index is 0.0895. The van der Waals surface area contributed by atoms with Crippen LogP contribution in [0.3, 0.4) is 0 Å². The Kier molecular flexibility index (Phi) is 4.76. The summed E-state index contributed by atoms with van der Waals surface area (Å²) in [6, 6.07) is -0.206. The Bertz CT molecular complexity index is 338. The second-order valence-corrected chi connectivity index (χ2v) is 5.51. The first kappa shape index (κ1) is 14.3. The lowest BCUT2D eigenvalue weighted by molar-refractivity contribution is -0.137. The molecule has 2 aliphatic rings. The summed E-state index contributed by atoms with van der Waals surface area (Å²) in [4.78, 5) is 25.2. The van der Waals surface area contributed by atoms with Gasteiger partial charge in [0.1, 0.15) is 0 Å². The molecular weight excluding hydrogens is 246 g/mol. The van der Waals surface area contributed by atoms with Gasteiger partial charge in [-0.3, -0.25) is 9.59 Å². The van der Waals surface area contributed by atoms with Gasteiger partial charge in [-0.05, 0) is 31.6 Å². The molecule has 19 heavy (non-hydrogen) atoms. The lowest BCUT2D eigenvalue weighted by Gasteiger charge is -2.29. The molecule has 6 nitrogen and oxygen atoms in total. The normalized spacial score (nSPS) is 21.8. The molecule has 1 saturated carbocycles. The topological polar surface area (TPSA) is 84.7 Å². The maximum atomic E-state index is 12.2. The second-order valence-electron chi connectivity index (χ2n) is 5.51. The van der Waals surface area contributed by atoms with Gasteiger partial charge in [-0.15, -0.1) is 0 Å². The van der Waals surface area contributed by atoms with Crippen molar-refractivity contribution in [1.82, 2.24) is 10.2 Å². The third-order valence-electron chi connectivity index (χ3n) is 3.76. The van der Waals surface area contributed by atoms with Gasteiger partial charge in [0.15, 0.2) is 0 Å². The summed E-state index contributed by atoms with van der Waals surface area (Å²) in [5, 5.41) is 2.86. The standard InChI is InChI=1S/C13H23N3O3/c1-16(8-11(17)15-10-2-3-10)13(18)12(14)9-4-6-19-7-5-9/h9-10,12H,2-8,14H2,1H3,(H,15,17). The quantitative estimate of drug-likeness (QED) is 0.703. The summed E-state index contributed by atoms with van der Waals surface area (Å²) >= 11 is 0. The molecule has 1 unspecified atom stereocenters. The molecule has 108 valence electrons. The second kappa shape index (κ2) is 6.34. The van der Waals surface area contributed by atoms with E-state index in [1.54, 1.807) is 7.05 Å². The molecule has 0 radical (unpaired) electrons. The van der Waals surface area contributed by atoms with E-state index in [2.05, 4.69) is 5.32 Å². The maximum absolute atomic E-state index is 12.2. The van der Waals surface area contributed by atoms with Crippen molar-refractivity contribution in [2.24, 2.45) is 11.7 Å². The molecule has 1 aliphatic heterocycles. The van der Waals surface area contributed by atoms with Crippen LogP contribution < -0.4 is 11.1 Å². The zero-order valence-corrected chi connectivity index (χ0v) is 11.4. The molecular formula is C13H23N3O3. The Balaban J connectivity index is 1.77. The number of amides is 2. The fourth-order valence-corrected chi connectivity index (χ4v) is 2.33. The van der Waals surface area contributed by atoms with E-state index in [-0.39, 0.29) is 24.3 Å². The number of hydrogen-bond acceptors (Lipinski definition) is 4. The van der Waals surface area contributed by atoms with Crippen molar-refractivity contribution in [2.45, 2.75) is 37.8 Å². The van der Waals surface area contributed by atoms with Gasteiger partial charge in [-0.1, -0.05) is 0 Å². The summed E-state index contributed by atoms with van der Waals surface area (Å²) in [7, 11) is 1.63. The molecule has 1 aliphatic carbocycles. The monoisotopic (exact) mass is 269 g/mol. The smallest absolute Gasteiger partial charge is 0.239 e. The molecule has 1 heterocycles. The van der Waals surface area contributed by atoms with Crippen LogP contribution in [0.25, 0.3) is 0 Å². The van der Waals surface area contributed by atoms with Crippen LogP contribution in [-0.4, -0.2) is 55.6 Å². The molecule has 2 amide bonds. The fourth-order valence-electron chi connectivity index (χ4n) is 2.33. The van der Waals surface area contributed by atoms with Crippen LogP contribution in [0, 0.1) is 5.92 Å². The molecule has 1 atom stereocenters. The van der Waals surface area contributed by atoms with Gasteiger partial charge in [0.05, 0.1) is 12.6 Å². The van der Waals surface area contributed by atoms with E-state index in [1.807, 2.05) is 0 Å². The first-order valence-corrected chi connectivity index (χ1v) is 6.95. The van der Waals surface area contributed by atoms with Gasteiger partial charge in [-0.25, -0.2) is 0 Å². The lowest BCUT2D eigenvalue weighted by atomic mass is 9.91. The fraction of sp³-hybridized carbons (Fsp3) is 0.846. The largest absolute Gasteiger partial charge is 0.381 e. The zero-order valence-electron chi connectivity index (χ0n) is 11.4. The number of likely N-dealkylation sites (N-methyl/N-ethyl adjacent to an activating group) is 1. The van der Waals surface area contributed by atoms with E-state index in [9.17, 15) is 9.59 Å². The van der Waals surface area contributed by atoms with Gasteiger partial charge in [0, 0.05) is 26.3 Å². The van der Waals surface area contributed by atoms with Crippen LogP contribution in [0.1, 0.15) is 25.7 Å². The Morgan fingerprint density at radius 2 is 1.95 bits per heavy atom. The number of ether oxygens (including phenoxy) is 1. The highest BCUT2D eigenvalue weighted by molar-refractivity contribution is 5.87. The van der Waals surface area contributed by atoms with Gasteiger partial charge in [0.2, 0.25) is 11.8 Å². The van der Waals surface area contributed by atoms with Crippen molar-refractivity contribution < 1.29 is 14.3 Å². The molecule has 6 heteroatoms. The summed E-state index contributed by atoms with van der Waals surface area (Å²) < 4.78 is 5.26. The first-order valence-electron chi connectivity index (χ1n) is 6.95. The Labute approximate surface area is 113 Å². The van der Waals surface area contributed by atoms with Crippen molar-refractivity contribution >= 4 is 11.8 Å². The number of nitrogens with one attached hydrogen (secondary N) is 1. The molecule has 0 aromatic carbocycles. The molecule has 3 N–H and O–H groups in total. The van der Waals surface area contributed by atoms with Crippen LogP contribution in [0.5, 0.6) is 0 Å². The minimum Gasteiger partial charge on any atom is -0.381 e. The van der Waals surface area contributed by atoms with Crippen molar-refractivity contribution in [3.8, 4) is 0 Å². The van der Waals surface area contributed by atoms with Crippen LogP contribution >= 0.6 is 0 Å². The number of nitrogens with zero attached hydrogens (tertiary/aromatic N) is 1. The predicted octanol–water partition coefficient (Wildman–Crippen LogP) is -0.523. The first-order chi connectivity index (χ1) is 9.08. The van der Waals surface area contributed by atoms with Crippen molar-refractivity contribution in [3.63, 3.8) is 0 Å². The van der Waals surface area contributed by atoms with E-state index in [1.165, 1.54) is 4.90 Å².